The lowest BCUT2D eigenvalue weighted by Gasteiger charge is -2.10. The van der Waals surface area contributed by atoms with Gasteiger partial charge >= 0.3 is 0 Å². The van der Waals surface area contributed by atoms with Crippen molar-refractivity contribution in [2.45, 2.75) is 13.5 Å². The van der Waals surface area contributed by atoms with Gasteiger partial charge in [0.1, 0.15) is 11.6 Å². The van der Waals surface area contributed by atoms with Crippen molar-refractivity contribution in [2.75, 3.05) is 17.8 Å². The lowest BCUT2D eigenvalue weighted by molar-refractivity contribution is 0.174. The molecular formula is C13H14N4O2. The molecule has 0 spiro atoms. The molecule has 3 rings (SSSR count). The molecule has 0 aliphatic carbocycles. The Balaban J connectivity index is 1.77. The fraction of sp³-hybridized carbons (Fsp3) is 0.231. The van der Waals surface area contributed by atoms with Gasteiger partial charge in [0.15, 0.2) is 11.5 Å². The predicted octanol–water partition coefficient (Wildman–Crippen LogP) is 1.71. The Morgan fingerprint density at radius 2 is 2.11 bits per heavy atom. The monoisotopic (exact) mass is 258 g/mol. The number of nitrogens with two attached hydrogens (primary N) is 1. The number of rotatable bonds is 3. The lowest BCUT2D eigenvalue weighted by atomic mass is 10.1. The molecule has 0 bridgehead atoms. The third kappa shape index (κ3) is 2.37. The molecule has 6 heteroatoms. The second-order valence-electron chi connectivity index (χ2n) is 4.27. The Bertz CT molecular complexity index is 616. The molecule has 2 aromatic rings. The highest BCUT2D eigenvalue weighted by atomic mass is 16.7. The molecule has 0 fully saturated rings. The van der Waals surface area contributed by atoms with Crippen LogP contribution in [0.2, 0.25) is 0 Å². The summed E-state index contributed by atoms with van der Waals surface area (Å²) in [5.41, 5.74) is 7.66. The number of hydrogen-bond acceptors (Lipinski definition) is 6. The van der Waals surface area contributed by atoms with E-state index in [1.165, 1.54) is 0 Å². The van der Waals surface area contributed by atoms with Crippen molar-refractivity contribution in [3.8, 4) is 11.5 Å². The largest absolute Gasteiger partial charge is 0.454 e. The summed E-state index contributed by atoms with van der Waals surface area (Å²) >= 11 is 0. The molecule has 1 aliphatic heterocycles. The summed E-state index contributed by atoms with van der Waals surface area (Å²) in [7, 11) is 0. The number of nitrogen functional groups attached to an aromatic ring is 1. The van der Waals surface area contributed by atoms with Crippen LogP contribution in [0.1, 0.15) is 11.4 Å². The Morgan fingerprint density at radius 3 is 2.89 bits per heavy atom. The zero-order chi connectivity index (χ0) is 13.2. The van der Waals surface area contributed by atoms with E-state index in [0.29, 0.717) is 18.2 Å². The number of aromatic nitrogens is 2. The highest BCUT2D eigenvalue weighted by Crippen LogP contribution is 2.36. The zero-order valence-electron chi connectivity index (χ0n) is 10.5. The Kier molecular flexibility index (Phi) is 2.83. The Hall–Kier alpha value is -2.50. The van der Waals surface area contributed by atoms with E-state index in [-0.39, 0.29) is 6.79 Å². The van der Waals surface area contributed by atoms with Gasteiger partial charge in [-0.05, 0) is 24.6 Å². The van der Waals surface area contributed by atoms with Crippen molar-refractivity contribution in [1.29, 1.82) is 0 Å². The van der Waals surface area contributed by atoms with Gasteiger partial charge in [0.05, 0.1) is 6.54 Å². The molecule has 0 saturated heterocycles. The van der Waals surface area contributed by atoms with Gasteiger partial charge in [-0.25, -0.2) is 9.97 Å². The lowest BCUT2D eigenvalue weighted by Crippen LogP contribution is -2.06. The van der Waals surface area contributed by atoms with Gasteiger partial charge in [-0.2, -0.15) is 0 Å². The van der Waals surface area contributed by atoms with Gasteiger partial charge in [0, 0.05) is 18.0 Å². The molecule has 98 valence electrons. The highest BCUT2D eigenvalue weighted by molar-refractivity contribution is 5.60. The van der Waals surface area contributed by atoms with Gasteiger partial charge in [-0.15, -0.1) is 0 Å². The van der Waals surface area contributed by atoms with E-state index >= 15 is 0 Å². The number of fused-ring (bicyclic) bond motifs is 1. The van der Waals surface area contributed by atoms with Crippen molar-refractivity contribution >= 4 is 11.5 Å². The van der Waals surface area contributed by atoms with E-state index < -0.39 is 0 Å². The highest BCUT2D eigenvalue weighted by Gasteiger charge is 2.15. The fourth-order valence-electron chi connectivity index (χ4n) is 1.91. The fourth-order valence-corrected chi connectivity index (χ4v) is 1.91. The topological polar surface area (TPSA) is 82.3 Å². The van der Waals surface area contributed by atoms with Gasteiger partial charge in [-0.1, -0.05) is 0 Å². The van der Waals surface area contributed by atoms with Crippen LogP contribution in [-0.2, 0) is 6.54 Å². The van der Waals surface area contributed by atoms with E-state index in [9.17, 15) is 0 Å². The first-order valence-corrected chi connectivity index (χ1v) is 5.94. The minimum atomic E-state index is 0.274. The Morgan fingerprint density at radius 1 is 1.32 bits per heavy atom. The Labute approximate surface area is 110 Å². The van der Waals surface area contributed by atoms with Crippen LogP contribution >= 0.6 is 0 Å². The maximum Gasteiger partial charge on any atom is 0.231 e. The third-order valence-electron chi connectivity index (χ3n) is 2.88. The molecule has 0 saturated carbocycles. The first-order chi connectivity index (χ1) is 9.22. The summed E-state index contributed by atoms with van der Waals surface area (Å²) in [4.78, 5) is 8.29. The number of hydrogen-bond donors (Lipinski definition) is 2. The molecule has 1 aromatic carbocycles. The molecule has 0 amide bonds. The number of ether oxygens (including phenoxy) is 2. The molecule has 0 unspecified atom stereocenters. The summed E-state index contributed by atoms with van der Waals surface area (Å²) in [6.45, 7) is 2.78. The van der Waals surface area contributed by atoms with Gasteiger partial charge in [-0.3, -0.25) is 0 Å². The van der Waals surface area contributed by atoms with Gasteiger partial charge in [0.2, 0.25) is 6.79 Å². The molecule has 1 aromatic heterocycles. The van der Waals surface area contributed by atoms with Crippen molar-refractivity contribution in [3.05, 3.63) is 35.8 Å². The van der Waals surface area contributed by atoms with Crippen LogP contribution in [-0.4, -0.2) is 16.8 Å². The smallest absolute Gasteiger partial charge is 0.231 e. The summed E-state index contributed by atoms with van der Waals surface area (Å²) in [6.07, 6.45) is 1.64. The minimum Gasteiger partial charge on any atom is -0.454 e. The number of anilines is 2. The number of nitrogens with one attached hydrogen (secondary N) is 1. The molecule has 19 heavy (non-hydrogen) atoms. The van der Waals surface area contributed by atoms with Gasteiger partial charge in [0.25, 0.3) is 0 Å². The van der Waals surface area contributed by atoms with E-state index in [1.807, 2.05) is 19.1 Å². The summed E-state index contributed by atoms with van der Waals surface area (Å²) < 4.78 is 10.7. The summed E-state index contributed by atoms with van der Waals surface area (Å²) in [5, 5.41) is 3.27. The quantitative estimate of drug-likeness (QED) is 0.872. The van der Waals surface area contributed by atoms with Gasteiger partial charge < -0.3 is 20.5 Å². The second-order valence-corrected chi connectivity index (χ2v) is 4.27. The average molecular weight is 258 g/mol. The summed E-state index contributed by atoms with van der Waals surface area (Å²) in [6, 6.07) is 5.53. The maximum atomic E-state index is 5.62. The molecule has 6 nitrogen and oxygen atoms in total. The second kappa shape index (κ2) is 4.64. The van der Waals surface area contributed by atoms with E-state index in [4.69, 9.17) is 15.2 Å². The van der Waals surface area contributed by atoms with Crippen LogP contribution in [0, 0.1) is 6.92 Å². The van der Waals surface area contributed by atoms with Crippen LogP contribution in [0.15, 0.2) is 24.4 Å². The van der Waals surface area contributed by atoms with Crippen molar-refractivity contribution < 1.29 is 9.47 Å². The maximum absolute atomic E-state index is 5.62. The summed E-state index contributed by atoms with van der Waals surface area (Å²) in [5.74, 6) is 2.65. The van der Waals surface area contributed by atoms with Crippen molar-refractivity contribution in [1.82, 2.24) is 9.97 Å². The van der Waals surface area contributed by atoms with Crippen molar-refractivity contribution in [2.24, 2.45) is 0 Å². The first kappa shape index (κ1) is 11.6. The van der Waals surface area contributed by atoms with Crippen LogP contribution in [0.25, 0.3) is 0 Å². The van der Waals surface area contributed by atoms with Crippen LogP contribution in [0.3, 0.4) is 0 Å². The number of nitrogens with zero attached hydrogens (tertiary/aromatic N) is 2. The van der Waals surface area contributed by atoms with Crippen molar-refractivity contribution in [3.63, 3.8) is 0 Å². The SMILES string of the molecule is Cc1cc2c(cc1NCc1nccc(N)n1)OCO2. The van der Waals surface area contributed by atoms with Crippen LogP contribution in [0.5, 0.6) is 11.5 Å². The van der Waals surface area contributed by atoms with E-state index in [1.54, 1.807) is 12.3 Å². The first-order valence-electron chi connectivity index (χ1n) is 5.94. The third-order valence-corrected chi connectivity index (χ3v) is 2.88. The molecule has 0 radical (unpaired) electrons. The van der Waals surface area contributed by atoms with Crippen LogP contribution in [0.4, 0.5) is 11.5 Å². The molecule has 0 atom stereocenters. The van der Waals surface area contributed by atoms with E-state index in [2.05, 4.69) is 15.3 Å². The van der Waals surface area contributed by atoms with Crippen LogP contribution < -0.4 is 20.5 Å². The predicted molar refractivity (Wildman–Crippen MR) is 71.1 cm³/mol. The molecule has 1 aliphatic rings. The minimum absolute atomic E-state index is 0.274. The zero-order valence-corrected chi connectivity index (χ0v) is 10.5. The average Bonchev–Trinajstić information content (AvgIpc) is 2.83. The molecular weight excluding hydrogens is 244 g/mol. The number of aryl methyl sites for hydroxylation is 1. The van der Waals surface area contributed by atoms with E-state index in [0.717, 1.165) is 22.7 Å². The normalized spacial score (nSPS) is 12.5. The molecule has 3 N–H and O–H groups in total. The molecule has 2 heterocycles. The standard InChI is InChI=1S/C13H14N4O2/c1-8-4-10-11(19-7-18-10)5-9(8)16-6-13-15-3-2-12(14)17-13/h2-5,16H,6-7H2,1H3,(H2,14,15,17). The number of benzene rings is 1.